The van der Waals surface area contributed by atoms with Gasteiger partial charge in [-0.05, 0) is 30.5 Å². The number of fused-ring (bicyclic) bond motifs is 1. The summed E-state index contributed by atoms with van der Waals surface area (Å²) in [6, 6.07) is 12.9. The van der Waals surface area contributed by atoms with E-state index in [9.17, 15) is 0 Å². The van der Waals surface area contributed by atoms with Gasteiger partial charge in [0.15, 0.2) is 0 Å². The Hall–Kier alpha value is -2.09. The van der Waals surface area contributed by atoms with E-state index in [1.54, 1.807) is 0 Å². The molecule has 0 N–H and O–H groups in total. The highest BCUT2D eigenvalue weighted by atomic mass is 15.0. The number of hydrogen-bond donors (Lipinski definition) is 0. The molecule has 0 radical (unpaired) electrons. The summed E-state index contributed by atoms with van der Waals surface area (Å²) in [4.78, 5) is 4.50. The van der Waals surface area contributed by atoms with Crippen molar-refractivity contribution in [2.45, 2.75) is 20.3 Å². The molecule has 2 nitrogen and oxygen atoms in total. The SMILES string of the molecule is CCc1ccc(-c2cnc3c(C)cccn23)cc1. The molecule has 0 spiro atoms. The summed E-state index contributed by atoms with van der Waals surface area (Å²) in [6.07, 6.45) is 5.09. The molecule has 0 atom stereocenters. The largest absolute Gasteiger partial charge is 0.299 e. The summed E-state index contributed by atoms with van der Waals surface area (Å²) < 4.78 is 2.15. The summed E-state index contributed by atoms with van der Waals surface area (Å²) in [5, 5.41) is 0. The summed E-state index contributed by atoms with van der Waals surface area (Å²) >= 11 is 0. The third-order valence-corrected chi connectivity index (χ3v) is 3.39. The zero-order valence-corrected chi connectivity index (χ0v) is 10.7. The number of aryl methyl sites for hydroxylation is 2. The monoisotopic (exact) mass is 236 g/mol. The van der Waals surface area contributed by atoms with Gasteiger partial charge in [-0.15, -0.1) is 0 Å². The molecule has 0 fully saturated rings. The van der Waals surface area contributed by atoms with Gasteiger partial charge in [0.2, 0.25) is 0 Å². The molecule has 3 rings (SSSR count). The first-order valence-corrected chi connectivity index (χ1v) is 6.31. The quantitative estimate of drug-likeness (QED) is 0.660. The Balaban J connectivity index is 2.16. The van der Waals surface area contributed by atoms with E-state index in [2.05, 4.69) is 65.8 Å². The average Bonchev–Trinajstić information content (AvgIpc) is 2.84. The van der Waals surface area contributed by atoms with Gasteiger partial charge in [0.25, 0.3) is 0 Å². The highest BCUT2D eigenvalue weighted by Crippen LogP contribution is 2.22. The van der Waals surface area contributed by atoms with Crippen molar-refractivity contribution in [2.24, 2.45) is 0 Å². The van der Waals surface area contributed by atoms with E-state index in [0.29, 0.717) is 0 Å². The van der Waals surface area contributed by atoms with Gasteiger partial charge in [-0.2, -0.15) is 0 Å². The van der Waals surface area contributed by atoms with E-state index in [1.165, 1.54) is 16.7 Å². The number of rotatable bonds is 2. The minimum atomic E-state index is 1.03. The normalized spacial score (nSPS) is 11.0. The predicted molar refractivity (Wildman–Crippen MR) is 74.7 cm³/mol. The molecular weight excluding hydrogens is 220 g/mol. The standard InChI is InChI=1S/C16H16N2/c1-3-13-6-8-14(9-7-13)15-11-17-16-12(2)5-4-10-18(15)16/h4-11H,3H2,1-2H3. The molecule has 0 unspecified atom stereocenters. The second kappa shape index (κ2) is 4.30. The van der Waals surface area contributed by atoms with Crippen LogP contribution in [-0.2, 0) is 6.42 Å². The van der Waals surface area contributed by atoms with Crippen molar-refractivity contribution in [1.82, 2.24) is 9.38 Å². The van der Waals surface area contributed by atoms with Crippen LogP contribution in [0.3, 0.4) is 0 Å². The minimum absolute atomic E-state index is 1.03. The van der Waals surface area contributed by atoms with Gasteiger partial charge in [0.1, 0.15) is 5.65 Å². The molecule has 0 aliphatic rings. The van der Waals surface area contributed by atoms with Crippen molar-refractivity contribution in [2.75, 3.05) is 0 Å². The van der Waals surface area contributed by atoms with Crippen molar-refractivity contribution in [1.29, 1.82) is 0 Å². The lowest BCUT2D eigenvalue weighted by Gasteiger charge is -2.04. The topological polar surface area (TPSA) is 17.3 Å². The first-order chi connectivity index (χ1) is 8.79. The summed E-state index contributed by atoms with van der Waals surface area (Å²) in [5.41, 5.74) is 5.96. The van der Waals surface area contributed by atoms with Gasteiger partial charge < -0.3 is 0 Å². The Kier molecular flexibility index (Phi) is 2.63. The van der Waals surface area contributed by atoms with Crippen molar-refractivity contribution >= 4 is 5.65 Å². The third kappa shape index (κ3) is 1.70. The van der Waals surface area contributed by atoms with Crippen LogP contribution < -0.4 is 0 Å². The molecule has 0 aliphatic carbocycles. The molecular formula is C16H16N2. The molecule has 18 heavy (non-hydrogen) atoms. The molecule has 0 aliphatic heterocycles. The van der Waals surface area contributed by atoms with E-state index in [0.717, 1.165) is 17.8 Å². The number of aromatic nitrogens is 2. The summed E-state index contributed by atoms with van der Waals surface area (Å²) in [5.74, 6) is 0. The van der Waals surface area contributed by atoms with Crippen molar-refractivity contribution in [3.63, 3.8) is 0 Å². The molecule has 90 valence electrons. The van der Waals surface area contributed by atoms with Crippen molar-refractivity contribution in [3.05, 3.63) is 59.9 Å². The van der Waals surface area contributed by atoms with Crippen LogP contribution in [0.2, 0.25) is 0 Å². The lowest BCUT2D eigenvalue weighted by Crippen LogP contribution is -1.90. The lowest BCUT2D eigenvalue weighted by atomic mass is 10.1. The molecule has 2 heteroatoms. The number of hydrogen-bond acceptors (Lipinski definition) is 1. The van der Waals surface area contributed by atoms with E-state index >= 15 is 0 Å². The number of nitrogens with zero attached hydrogens (tertiary/aromatic N) is 2. The van der Waals surface area contributed by atoms with Gasteiger partial charge in [0, 0.05) is 11.8 Å². The molecule has 0 bridgehead atoms. The summed E-state index contributed by atoms with van der Waals surface area (Å²) in [6.45, 7) is 4.26. The van der Waals surface area contributed by atoms with Crippen LogP contribution in [0.1, 0.15) is 18.1 Å². The van der Waals surface area contributed by atoms with E-state index in [1.807, 2.05) is 6.20 Å². The second-order valence-corrected chi connectivity index (χ2v) is 4.58. The Morgan fingerprint density at radius 3 is 2.61 bits per heavy atom. The van der Waals surface area contributed by atoms with E-state index < -0.39 is 0 Å². The fraction of sp³-hybridized carbons (Fsp3) is 0.188. The zero-order chi connectivity index (χ0) is 12.5. The van der Waals surface area contributed by atoms with Gasteiger partial charge in [-0.25, -0.2) is 4.98 Å². The van der Waals surface area contributed by atoms with Crippen molar-refractivity contribution < 1.29 is 0 Å². The Bertz CT molecular complexity index is 678. The first-order valence-electron chi connectivity index (χ1n) is 6.31. The molecule has 0 saturated heterocycles. The molecule has 3 aromatic rings. The average molecular weight is 236 g/mol. The fourth-order valence-electron chi connectivity index (χ4n) is 2.28. The van der Waals surface area contributed by atoms with Crippen LogP contribution in [0.5, 0.6) is 0 Å². The Morgan fingerprint density at radius 1 is 1.11 bits per heavy atom. The molecule has 2 aromatic heterocycles. The van der Waals surface area contributed by atoms with Gasteiger partial charge >= 0.3 is 0 Å². The smallest absolute Gasteiger partial charge is 0.140 e. The van der Waals surface area contributed by atoms with Gasteiger partial charge in [-0.1, -0.05) is 37.3 Å². The van der Waals surface area contributed by atoms with Crippen LogP contribution in [-0.4, -0.2) is 9.38 Å². The van der Waals surface area contributed by atoms with Crippen molar-refractivity contribution in [3.8, 4) is 11.3 Å². The zero-order valence-electron chi connectivity index (χ0n) is 10.7. The van der Waals surface area contributed by atoms with E-state index in [-0.39, 0.29) is 0 Å². The fourth-order valence-corrected chi connectivity index (χ4v) is 2.28. The second-order valence-electron chi connectivity index (χ2n) is 4.58. The maximum Gasteiger partial charge on any atom is 0.140 e. The highest BCUT2D eigenvalue weighted by Gasteiger charge is 2.06. The predicted octanol–water partition coefficient (Wildman–Crippen LogP) is 3.87. The molecule has 2 heterocycles. The van der Waals surface area contributed by atoms with Gasteiger partial charge in [0.05, 0.1) is 11.9 Å². The van der Waals surface area contributed by atoms with E-state index in [4.69, 9.17) is 0 Å². The lowest BCUT2D eigenvalue weighted by molar-refractivity contribution is 1.14. The maximum atomic E-state index is 4.50. The highest BCUT2D eigenvalue weighted by molar-refractivity contribution is 5.65. The summed E-state index contributed by atoms with van der Waals surface area (Å²) in [7, 11) is 0. The van der Waals surface area contributed by atoms with Crippen LogP contribution in [0.15, 0.2) is 48.8 Å². The van der Waals surface area contributed by atoms with Crippen LogP contribution in [0.4, 0.5) is 0 Å². The van der Waals surface area contributed by atoms with Crippen LogP contribution >= 0.6 is 0 Å². The maximum absolute atomic E-state index is 4.50. The van der Waals surface area contributed by atoms with Gasteiger partial charge in [-0.3, -0.25) is 4.40 Å². The molecule has 1 aromatic carbocycles. The number of imidazole rings is 1. The molecule has 0 amide bonds. The Labute approximate surface area is 107 Å². The minimum Gasteiger partial charge on any atom is -0.299 e. The van der Waals surface area contributed by atoms with Crippen LogP contribution in [0, 0.1) is 6.92 Å². The number of pyridine rings is 1. The van der Waals surface area contributed by atoms with Crippen LogP contribution in [0.25, 0.3) is 16.9 Å². The first kappa shape index (κ1) is 11.0. The number of benzene rings is 1. The third-order valence-electron chi connectivity index (χ3n) is 3.39. The molecule has 0 saturated carbocycles. The Morgan fingerprint density at radius 2 is 1.89 bits per heavy atom.